The van der Waals surface area contributed by atoms with E-state index < -0.39 is 15.9 Å². The lowest BCUT2D eigenvalue weighted by Crippen LogP contribution is -2.35. The highest BCUT2D eigenvalue weighted by molar-refractivity contribution is 9.10. The molecule has 0 aliphatic carbocycles. The molecule has 0 aromatic carbocycles. The summed E-state index contributed by atoms with van der Waals surface area (Å²) in [6, 6.07) is 1.46. The number of halogens is 2. The molecule has 2 rings (SSSR count). The number of hydrogen-bond donors (Lipinski definition) is 0. The molecule has 0 unspecified atom stereocenters. The Bertz CT molecular complexity index is 559. The van der Waals surface area contributed by atoms with Crippen LogP contribution < -0.4 is 0 Å². The van der Waals surface area contributed by atoms with E-state index in [0.29, 0.717) is 17.4 Å². The van der Waals surface area contributed by atoms with Crippen LogP contribution in [0.5, 0.6) is 0 Å². The normalized spacial score (nSPS) is 17.9. The fraction of sp³-hybridized carbons (Fsp3) is 0.300. The number of aromatic nitrogens is 1. The number of pyridine rings is 1. The van der Waals surface area contributed by atoms with Crippen LogP contribution >= 0.6 is 15.9 Å². The van der Waals surface area contributed by atoms with Crippen molar-refractivity contribution < 1.29 is 12.8 Å². The van der Waals surface area contributed by atoms with Gasteiger partial charge in [0, 0.05) is 23.4 Å². The summed E-state index contributed by atoms with van der Waals surface area (Å²) >= 11 is 3.16. The van der Waals surface area contributed by atoms with Gasteiger partial charge in [-0.1, -0.05) is 6.08 Å². The van der Waals surface area contributed by atoms with E-state index in [2.05, 4.69) is 20.9 Å². The molecule has 1 aromatic heterocycles. The molecule has 0 saturated carbocycles. The number of nitrogens with zero attached hydrogens (tertiary/aromatic N) is 2. The van der Waals surface area contributed by atoms with Gasteiger partial charge in [0.2, 0.25) is 10.0 Å². The minimum atomic E-state index is -3.66. The van der Waals surface area contributed by atoms with E-state index in [9.17, 15) is 12.8 Å². The van der Waals surface area contributed by atoms with Gasteiger partial charge in [-0.3, -0.25) is 4.98 Å². The van der Waals surface area contributed by atoms with Crippen LogP contribution in [0.25, 0.3) is 0 Å². The van der Waals surface area contributed by atoms with Crippen molar-refractivity contribution in [2.45, 2.75) is 11.3 Å². The maximum absolute atomic E-state index is 13.1. The van der Waals surface area contributed by atoms with Gasteiger partial charge in [0.25, 0.3) is 0 Å². The molecule has 1 aliphatic rings. The molecule has 0 bridgehead atoms. The predicted octanol–water partition coefficient (Wildman–Crippen LogP) is 2.09. The van der Waals surface area contributed by atoms with Crippen molar-refractivity contribution in [1.29, 1.82) is 0 Å². The molecule has 0 spiro atoms. The predicted molar refractivity (Wildman–Crippen MR) is 64.5 cm³/mol. The van der Waals surface area contributed by atoms with Gasteiger partial charge >= 0.3 is 0 Å². The third kappa shape index (κ3) is 2.72. The zero-order valence-electron chi connectivity index (χ0n) is 8.81. The Balaban J connectivity index is 2.34. The molecular formula is C10H10BrFN2O2S. The zero-order chi connectivity index (χ0) is 12.5. The van der Waals surface area contributed by atoms with Gasteiger partial charge in [-0.2, -0.15) is 4.31 Å². The second-order valence-corrected chi connectivity index (χ2v) is 6.47. The summed E-state index contributed by atoms with van der Waals surface area (Å²) in [6.45, 7) is 0.0944. The first-order chi connectivity index (χ1) is 8.00. The van der Waals surface area contributed by atoms with Gasteiger partial charge < -0.3 is 0 Å². The van der Waals surface area contributed by atoms with Crippen LogP contribution in [0.2, 0.25) is 0 Å². The third-order valence-corrected chi connectivity index (χ3v) is 4.63. The van der Waals surface area contributed by atoms with Crippen LogP contribution in [0.1, 0.15) is 6.42 Å². The van der Waals surface area contributed by atoms with Gasteiger partial charge in [-0.15, -0.1) is 0 Å². The molecule has 0 N–H and O–H groups in total. The van der Waals surface area contributed by atoms with Crippen molar-refractivity contribution in [3.63, 3.8) is 0 Å². The van der Waals surface area contributed by atoms with Crippen LogP contribution in [-0.4, -0.2) is 30.8 Å². The molecule has 0 atom stereocenters. The summed E-state index contributed by atoms with van der Waals surface area (Å²) in [5, 5.41) is 0. The van der Waals surface area contributed by atoms with Crippen molar-refractivity contribution in [1.82, 2.24) is 9.29 Å². The topological polar surface area (TPSA) is 50.3 Å². The second kappa shape index (κ2) is 4.83. The molecule has 2 heterocycles. The molecule has 0 fully saturated rings. The Hall–Kier alpha value is -0.790. The number of sulfonamides is 1. The Morgan fingerprint density at radius 1 is 1.41 bits per heavy atom. The van der Waals surface area contributed by atoms with E-state index in [1.54, 1.807) is 0 Å². The molecule has 1 aromatic rings. The van der Waals surface area contributed by atoms with Gasteiger partial charge in [0.05, 0.1) is 6.54 Å². The van der Waals surface area contributed by atoms with Gasteiger partial charge in [0.1, 0.15) is 10.7 Å². The Morgan fingerprint density at radius 2 is 2.18 bits per heavy atom. The van der Waals surface area contributed by atoms with Crippen molar-refractivity contribution >= 4 is 26.0 Å². The zero-order valence-corrected chi connectivity index (χ0v) is 11.2. The fourth-order valence-corrected chi connectivity index (χ4v) is 3.49. The largest absolute Gasteiger partial charge is 0.262 e. The minimum Gasteiger partial charge on any atom is -0.262 e. The summed E-state index contributed by atoms with van der Waals surface area (Å²) in [4.78, 5) is 3.87. The lowest BCUT2D eigenvalue weighted by atomic mass is 10.3. The highest BCUT2D eigenvalue weighted by atomic mass is 79.9. The van der Waals surface area contributed by atoms with E-state index in [-0.39, 0.29) is 11.4 Å². The van der Waals surface area contributed by atoms with Crippen LogP contribution in [0.4, 0.5) is 4.39 Å². The van der Waals surface area contributed by atoms with Crippen molar-refractivity contribution in [3.8, 4) is 0 Å². The summed E-state index contributed by atoms with van der Waals surface area (Å²) < 4.78 is 39.1. The smallest absolute Gasteiger partial charge is 0.245 e. The van der Waals surface area contributed by atoms with Crippen molar-refractivity contribution in [3.05, 3.63) is 34.8 Å². The van der Waals surface area contributed by atoms with Crippen LogP contribution in [0, 0.1) is 0 Å². The van der Waals surface area contributed by atoms with Crippen molar-refractivity contribution in [2.75, 3.05) is 13.1 Å². The van der Waals surface area contributed by atoms with E-state index in [4.69, 9.17) is 0 Å². The number of rotatable bonds is 2. The Morgan fingerprint density at radius 3 is 2.82 bits per heavy atom. The first kappa shape index (κ1) is 12.7. The minimum absolute atomic E-state index is 0.0709. The Kier molecular flexibility index (Phi) is 3.60. The maximum atomic E-state index is 13.1. The summed E-state index contributed by atoms with van der Waals surface area (Å²) in [7, 11) is -3.66. The average molecular weight is 321 g/mol. The second-order valence-electron chi connectivity index (χ2n) is 3.62. The van der Waals surface area contributed by atoms with E-state index >= 15 is 0 Å². The lowest BCUT2D eigenvalue weighted by molar-refractivity contribution is 0.388. The monoisotopic (exact) mass is 320 g/mol. The lowest BCUT2D eigenvalue weighted by Gasteiger charge is -2.23. The molecule has 7 heteroatoms. The summed E-state index contributed by atoms with van der Waals surface area (Å²) in [6.07, 6.45) is 4.56. The molecular weight excluding hydrogens is 311 g/mol. The first-order valence-electron chi connectivity index (χ1n) is 4.95. The SMILES string of the molecule is O=S(=O)(c1cncc(Br)c1)N1CCC=C(F)C1. The van der Waals surface area contributed by atoms with Gasteiger partial charge in [-0.05, 0) is 28.4 Å². The molecule has 1 aliphatic heterocycles. The number of hydrogen-bond acceptors (Lipinski definition) is 3. The molecule has 0 saturated heterocycles. The average Bonchev–Trinajstić information content (AvgIpc) is 2.29. The van der Waals surface area contributed by atoms with E-state index in [1.165, 1.54) is 24.5 Å². The van der Waals surface area contributed by atoms with E-state index in [1.807, 2.05) is 0 Å². The molecule has 17 heavy (non-hydrogen) atoms. The van der Waals surface area contributed by atoms with Crippen molar-refractivity contribution in [2.24, 2.45) is 0 Å². The molecule has 92 valence electrons. The van der Waals surface area contributed by atoms with E-state index in [0.717, 1.165) is 4.31 Å². The van der Waals surface area contributed by atoms with Crippen LogP contribution in [-0.2, 0) is 10.0 Å². The summed E-state index contributed by atoms with van der Waals surface area (Å²) in [5.41, 5.74) is 0. The van der Waals surface area contributed by atoms with Gasteiger partial charge in [-0.25, -0.2) is 12.8 Å². The third-order valence-electron chi connectivity index (χ3n) is 2.39. The summed E-state index contributed by atoms with van der Waals surface area (Å²) in [5.74, 6) is -0.414. The molecule has 0 amide bonds. The Labute approximate surface area is 107 Å². The molecule has 4 nitrogen and oxygen atoms in total. The fourth-order valence-electron chi connectivity index (χ4n) is 1.56. The highest BCUT2D eigenvalue weighted by Gasteiger charge is 2.27. The highest BCUT2D eigenvalue weighted by Crippen LogP contribution is 2.22. The molecule has 0 radical (unpaired) electrons. The first-order valence-corrected chi connectivity index (χ1v) is 7.19. The maximum Gasteiger partial charge on any atom is 0.245 e. The van der Waals surface area contributed by atoms with Gasteiger partial charge in [0.15, 0.2) is 0 Å². The quantitative estimate of drug-likeness (QED) is 0.838. The van der Waals surface area contributed by atoms with Crippen LogP contribution in [0.3, 0.4) is 0 Å². The standard InChI is InChI=1S/C10H10BrFN2O2S/c11-8-4-10(6-13-5-8)17(15,16)14-3-1-2-9(12)7-14/h2,4-6H,1,3,7H2. The van der Waals surface area contributed by atoms with Crippen LogP contribution in [0.15, 0.2) is 39.7 Å².